The molecular formula is C11H21NO2. The van der Waals surface area contributed by atoms with E-state index in [9.17, 15) is 0 Å². The van der Waals surface area contributed by atoms with Crippen molar-refractivity contribution in [3.05, 3.63) is 0 Å². The first-order valence-corrected chi connectivity index (χ1v) is 5.68. The van der Waals surface area contributed by atoms with E-state index >= 15 is 0 Å². The molecule has 0 aromatic rings. The molecule has 0 aromatic carbocycles. The van der Waals surface area contributed by atoms with Crippen LogP contribution in [0.1, 0.15) is 26.2 Å². The summed E-state index contributed by atoms with van der Waals surface area (Å²) in [4.78, 5) is 0. The van der Waals surface area contributed by atoms with Crippen LogP contribution in [0.25, 0.3) is 0 Å². The van der Waals surface area contributed by atoms with Crippen molar-refractivity contribution in [2.75, 3.05) is 20.3 Å². The summed E-state index contributed by atoms with van der Waals surface area (Å²) in [7, 11) is 1.78. The summed E-state index contributed by atoms with van der Waals surface area (Å²) in [6.07, 6.45) is 4.24. The zero-order chi connectivity index (χ0) is 9.97. The molecule has 2 fully saturated rings. The SMILES string of the molecule is COCC(NC1CCOC1C)C1CC1. The Morgan fingerprint density at radius 2 is 2.21 bits per heavy atom. The van der Waals surface area contributed by atoms with Gasteiger partial charge in [-0.3, -0.25) is 0 Å². The quantitative estimate of drug-likeness (QED) is 0.721. The summed E-state index contributed by atoms with van der Waals surface area (Å²) in [5.74, 6) is 0.850. The molecule has 14 heavy (non-hydrogen) atoms. The van der Waals surface area contributed by atoms with Crippen LogP contribution in [-0.4, -0.2) is 38.5 Å². The van der Waals surface area contributed by atoms with E-state index < -0.39 is 0 Å². The van der Waals surface area contributed by atoms with Crippen molar-refractivity contribution in [2.24, 2.45) is 5.92 Å². The van der Waals surface area contributed by atoms with Crippen molar-refractivity contribution in [2.45, 2.75) is 44.4 Å². The number of hydrogen-bond donors (Lipinski definition) is 1. The van der Waals surface area contributed by atoms with E-state index in [1.165, 1.54) is 12.8 Å². The molecule has 1 heterocycles. The molecule has 3 atom stereocenters. The molecule has 2 rings (SSSR count). The van der Waals surface area contributed by atoms with Gasteiger partial charge in [-0.15, -0.1) is 0 Å². The fourth-order valence-corrected chi connectivity index (χ4v) is 2.22. The van der Waals surface area contributed by atoms with Crippen molar-refractivity contribution < 1.29 is 9.47 Å². The van der Waals surface area contributed by atoms with Crippen LogP contribution in [0.15, 0.2) is 0 Å². The molecule has 1 aliphatic heterocycles. The van der Waals surface area contributed by atoms with E-state index in [4.69, 9.17) is 9.47 Å². The molecule has 0 radical (unpaired) electrons. The molecule has 0 bridgehead atoms. The molecule has 1 saturated heterocycles. The van der Waals surface area contributed by atoms with Gasteiger partial charge in [-0.1, -0.05) is 0 Å². The highest BCUT2D eigenvalue weighted by molar-refractivity contribution is 4.91. The van der Waals surface area contributed by atoms with Gasteiger partial charge in [0.2, 0.25) is 0 Å². The standard InChI is InChI=1S/C11H21NO2/c1-8-10(5-6-14-8)12-11(7-13-2)9-3-4-9/h8-12H,3-7H2,1-2H3. The first kappa shape index (κ1) is 10.4. The average Bonchev–Trinajstić information content (AvgIpc) is 2.93. The van der Waals surface area contributed by atoms with Gasteiger partial charge in [0.15, 0.2) is 0 Å². The Bertz CT molecular complexity index is 182. The van der Waals surface area contributed by atoms with Gasteiger partial charge in [0.05, 0.1) is 12.7 Å². The van der Waals surface area contributed by atoms with Crippen LogP contribution >= 0.6 is 0 Å². The van der Waals surface area contributed by atoms with Gasteiger partial charge in [0.1, 0.15) is 0 Å². The predicted octanol–water partition coefficient (Wildman–Crippen LogP) is 1.18. The van der Waals surface area contributed by atoms with Crippen molar-refractivity contribution in [3.8, 4) is 0 Å². The first-order valence-electron chi connectivity index (χ1n) is 5.68. The number of rotatable bonds is 5. The minimum atomic E-state index is 0.369. The Morgan fingerprint density at radius 1 is 1.43 bits per heavy atom. The highest BCUT2D eigenvalue weighted by Crippen LogP contribution is 2.33. The van der Waals surface area contributed by atoms with Crippen LogP contribution in [0.3, 0.4) is 0 Å². The van der Waals surface area contributed by atoms with Gasteiger partial charge >= 0.3 is 0 Å². The summed E-state index contributed by atoms with van der Waals surface area (Å²) < 4.78 is 10.8. The third-order valence-electron chi connectivity index (χ3n) is 3.34. The minimum Gasteiger partial charge on any atom is -0.383 e. The topological polar surface area (TPSA) is 30.5 Å². The van der Waals surface area contributed by atoms with Crippen molar-refractivity contribution in [1.29, 1.82) is 0 Å². The lowest BCUT2D eigenvalue weighted by Crippen LogP contribution is -2.45. The average molecular weight is 199 g/mol. The molecule has 0 spiro atoms. The summed E-state index contributed by atoms with van der Waals surface area (Å²) >= 11 is 0. The van der Waals surface area contributed by atoms with Crippen LogP contribution < -0.4 is 5.32 Å². The van der Waals surface area contributed by atoms with Gasteiger partial charge in [-0.25, -0.2) is 0 Å². The van der Waals surface area contributed by atoms with Crippen LogP contribution in [-0.2, 0) is 9.47 Å². The zero-order valence-electron chi connectivity index (χ0n) is 9.16. The lowest BCUT2D eigenvalue weighted by atomic mass is 10.1. The number of nitrogens with one attached hydrogen (secondary N) is 1. The largest absolute Gasteiger partial charge is 0.383 e. The number of hydrogen-bond acceptors (Lipinski definition) is 3. The molecule has 0 aromatic heterocycles. The second kappa shape index (κ2) is 4.60. The molecule has 3 nitrogen and oxygen atoms in total. The molecule has 1 N–H and O–H groups in total. The maximum atomic E-state index is 5.54. The Labute approximate surface area is 86.2 Å². The Kier molecular flexibility index (Phi) is 3.42. The van der Waals surface area contributed by atoms with E-state index in [0.29, 0.717) is 18.2 Å². The van der Waals surface area contributed by atoms with Gasteiger partial charge < -0.3 is 14.8 Å². The third-order valence-corrected chi connectivity index (χ3v) is 3.34. The smallest absolute Gasteiger partial charge is 0.0700 e. The number of ether oxygens (including phenoxy) is 2. The van der Waals surface area contributed by atoms with Crippen LogP contribution in [0.5, 0.6) is 0 Å². The summed E-state index contributed by atoms with van der Waals surface area (Å²) in [6, 6.07) is 1.09. The molecule has 82 valence electrons. The summed E-state index contributed by atoms with van der Waals surface area (Å²) in [6.45, 7) is 3.90. The highest BCUT2D eigenvalue weighted by Gasteiger charge is 2.34. The summed E-state index contributed by atoms with van der Waals surface area (Å²) in [5.41, 5.74) is 0. The number of methoxy groups -OCH3 is 1. The predicted molar refractivity (Wildman–Crippen MR) is 55.3 cm³/mol. The van der Waals surface area contributed by atoms with Crippen LogP contribution in [0.2, 0.25) is 0 Å². The van der Waals surface area contributed by atoms with Gasteiger partial charge in [0, 0.05) is 25.8 Å². The highest BCUT2D eigenvalue weighted by atomic mass is 16.5. The first-order chi connectivity index (χ1) is 6.81. The van der Waals surface area contributed by atoms with E-state index in [1.54, 1.807) is 7.11 Å². The lowest BCUT2D eigenvalue weighted by molar-refractivity contribution is 0.100. The van der Waals surface area contributed by atoms with Gasteiger partial charge in [-0.2, -0.15) is 0 Å². The normalized spacial score (nSPS) is 34.7. The van der Waals surface area contributed by atoms with Gasteiger partial charge in [-0.05, 0) is 32.1 Å². The molecule has 0 amide bonds. The minimum absolute atomic E-state index is 0.369. The zero-order valence-corrected chi connectivity index (χ0v) is 9.16. The lowest BCUT2D eigenvalue weighted by Gasteiger charge is -2.24. The molecular weight excluding hydrogens is 178 g/mol. The van der Waals surface area contributed by atoms with Gasteiger partial charge in [0.25, 0.3) is 0 Å². The molecule has 2 aliphatic rings. The molecule has 3 unspecified atom stereocenters. The Hall–Kier alpha value is -0.120. The van der Waals surface area contributed by atoms with E-state index in [0.717, 1.165) is 25.6 Å². The summed E-state index contributed by atoms with van der Waals surface area (Å²) in [5, 5.41) is 3.68. The maximum absolute atomic E-state index is 5.54. The fourth-order valence-electron chi connectivity index (χ4n) is 2.22. The second-order valence-electron chi connectivity index (χ2n) is 4.54. The van der Waals surface area contributed by atoms with Crippen molar-refractivity contribution in [3.63, 3.8) is 0 Å². The van der Waals surface area contributed by atoms with Crippen molar-refractivity contribution in [1.82, 2.24) is 5.32 Å². The fraction of sp³-hybridized carbons (Fsp3) is 1.00. The van der Waals surface area contributed by atoms with Crippen molar-refractivity contribution >= 4 is 0 Å². The Balaban J connectivity index is 1.80. The van der Waals surface area contributed by atoms with E-state index in [-0.39, 0.29) is 0 Å². The monoisotopic (exact) mass is 199 g/mol. The molecule has 1 aliphatic carbocycles. The van der Waals surface area contributed by atoms with Crippen LogP contribution in [0, 0.1) is 5.92 Å². The molecule has 1 saturated carbocycles. The van der Waals surface area contributed by atoms with E-state index in [1.807, 2.05) is 0 Å². The third kappa shape index (κ3) is 2.47. The second-order valence-corrected chi connectivity index (χ2v) is 4.54. The van der Waals surface area contributed by atoms with E-state index in [2.05, 4.69) is 12.2 Å². The maximum Gasteiger partial charge on any atom is 0.0700 e. The molecule has 3 heteroatoms. The van der Waals surface area contributed by atoms with Crippen LogP contribution in [0.4, 0.5) is 0 Å². The Morgan fingerprint density at radius 3 is 2.71 bits per heavy atom.